The van der Waals surface area contributed by atoms with E-state index < -0.39 is 5.97 Å². The summed E-state index contributed by atoms with van der Waals surface area (Å²) in [7, 11) is 0. The van der Waals surface area contributed by atoms with E-state index in [2.05, 4.69) is 0 Å². The smallest absolute Gasteiger partial charge is 0.337 e. The molecule has 0 fully saturated rings. The molecule has 0 aliphatic carbocycles. The lowest BCUT2D eigenvalue weighted by Gasteiger charge is -2.01. The second-order valence-corrected chi connectivity index (χ2v) is 3.27. The highest BCUT2D eigenvalue weighted by molar-refractivity contribution is 5.87. The fraction of sp³-hybridized carbons (Fsp3) is 0. The molecule has 1 aromatic heterocycles. The minimum Gasteiger partial charge on any atom is -0.478 e. The molecular formula is C12H8N2O2. The summed E-state index contributed by atoms with van der Waals surface area (Å²) in [6.07, 6.45) is 3.20. The van der Waals surface area contributed by atoms with Crippen molar-refractivity contribution < 1.29 is 9.90 Å². The van der Waals surface area contributed by atoms with Crippen LogP contribution in [-0.4, -0.2) is 15.6 Å². The van der Waals surface area contributed by atoms with Crippen molar-refractivity contribution in [2.75, 3.05) is 0 Å². The first kappa shape index (κ1) is 9.99. The van der Waals surface area contributed by atoms with Crippen molar-refractivity contribution in [2.45, 2.75) is 0 Å². The van der Waals surface area contributed by atoms with Crippen LogP contribution in [0.3, 0.4) is 0 Å². The molecule has 1 N–H and O–H groups in total. The Bertz CT molecular complexity index is 561. The van der Waals surface area contributed by atoms with Crippen LogP contribution < -0.4 is 0 Å². The third kappa shape index (κ3) is 1.79. The molecule has 0 atom stereocenters. The number of carboxylic acids is 1. The van der Waals surface area contributed by atoms with Crippen molar-refractivity contribution in [3.63, 3.8) is 0 Å². The van der Waals surface area contributed by atoms with E-state index in [1.54, 1.807) is 35.0 Å². The summed E-state index contributed by atoms with van der Waals surface area (Å²) in [6, 6.07) is 10.5. The van der Waals surface area contributed by atoms with Gasteiger partial charge in [0.05, 0.1) is 17.2 Å². The van der Waals surface area contributed by atoms with E-state index in [1.807, 2.05) is 6.07 Å². The molecular weight excluding hydrogens is 204 g/mol. The van der Waals surface area contributed by atoms with Crippen LogP contribution in [0.5, 0.6) is 0 Å². The van der Waals surface area contributed by atoms with Crippen LogP contribution in [0.15, 0.2) is 42.7 Å². The van der Waals surface area contributed by atoms with Crippen molar-refractivity contribution >= 4 is 5.97 Å². The fourth-order valence-electron chi connectivity index (χ4n) is 1.39. The average Bonchev–Trinajstić information content (AvgIpc) is 2.78. The molecule has 2 aromatic rings. The van der Waals surface area contributed by atoms with Crippen molar-refractivity contribution in [2.24, 2.45) is 0 Å². The second-order valence-electron chi connectivity index (χ2n) is 3.27. The highest BCUT2D eigenvalue weighted by atomic mass is 16.4. The molecule has 1 aromatic carbocycles. The van der Waals surface area contributed by atoms with Crippen molar-refractivity contribution in [1.82, 2.24) is 4.57 Å². The van der Waals surface area contributed by atoms with E-state index in [0.29, 0.717) is 5.56 Å². The van der Waals surface area contributed by atoms with Crippen molar-refractivity contribution in [1.29, 1.82) is 5.26 Å². The van der Waals surface area contributed by atoms with Gasteiger partial charge in [-0.3, -0.25) is 0 Å². The molecule has 0 aliphatic rings. The van der Waals surface area contributed by atoms with Crippen LogP contribution in [-0.2, 0) is 0 Å². The molecule has 0 saturated heterocycles. The molecule has 16 heavy (non-hydrogen) atoms. The molecule has 0 spiro atoms. The number of aromatic nitrogens is 1. The summed E-state index contributed by atoms with van der Waals surface area (Å²) in [5.41, 5.74) is 1.64. The van der Waals surface area contributed by atoms with E-state index in [1.165, 1.54) is 12.3 Å². The van der Waals surface area contributed by atoms with Gasteiger partial charge in [-0.2, -0.15) is 5.26 Å². The minimum atomic E-state index is -0.951. The first-order valence-corrected chi connectivity index (χ1v) is 4.62. The van der Waals surface area contributed by atoms with Crippen LogP contribution in [0.2, 0.25) is 0 Å². The van der Waals surface area contributed by atoms with Gasteiger partial charge in [-0.25, -0.2) is 4.79 Å². The summed E-state index contributed by atoms with van der Waals surface area (Å²) < 4.78 is 1.70. The lowest BCUT2D eigenvalue weighted by Crippen LogP contribution is -1.94. The molecule has 2 rings (SSSR count). The van der Waals surface area contributed by atoms with Gasteiger partial charge < -0.3 is 9.67 Å². The fourth-order valence-corrected chi connectivity index (χ4v) is 1.39. The Morgan fingerprint density at radius 2 is 1.94 bits per heavy atom. The Labute approximate surface area is 92.0 Å². The van der Waals surface area contributed by atoms with E-state index in [0.717, 1.165) is 5.69 Å². The summed E-state index contributed by atoms with van der Waals surface area (Å²) in [6.45, 7) is 0. The maximum absolute atomic E-state index is 10.7. The Morgan fingerprint density at radius 3 is 2.44 bits per heavy atom. The van der Waals surface area contributed by atoms with Crippen molar-refractivity contribution in [3.8, 4) is 11.8 Å². The van der Waals surface area contributed by atoms with E-state index >= 15 is 0 Å². The van der Waals surface area contributed by atoms with E-state index in [-0.39, 0.29) is 5.56 Å². The quantitative estimate of drug-likeness (QED) is 0.828. The molecule has 0 bridgehead atoms. The topological polar surface area (TPSA) is 66.0 Å². The molecule has 0 radical (unpaired) electrons. The number of carboxylic acid groups (broad SMARTS) is 1. The van der Waals surface area contributed by atoms with Gasteiger partial charge >= 0.3 is 5.97 Å². The monoisotopic (exact) mass is 212 g/mol. The Balaban J connectivity index is 2.36. The Hall–Kier alpha value is -2.54. The number of nitriles is 1. The number of hydrogen-bond acceptors (Lipinski definition) is 2. The van der Waals surface area contributed by atoms with Crippen LogP contribution >= 0.6 is 0 Å². The van der Waals surface area contributed by atoms with Crippen molar-refractivity contribution in [3.05, 3.63) is 53.9 Å². The first-order valence-electron chi connectivity index (χ1n) is 4.62. The van der Waals surface area contributed by atoms with E-state index in [9.17, 15) is 4.79 Å². The number of benzene rings is 1. The summed E-state index contributed by atoms with van der Waals surface area (Å²) >= 11 is 0. The maximum atomic E-state index is 10.7. The summed E-state index contributed by atoms with van der Waals surface area (Å²) in [5.74, 6) is -0.951. The predicted molar refractivity (Wildman–Crippen MR) is 57.4 cm³/mol. The van der Waals surface area contributed by atoms with Crippen LogP contribution in [0.25, 0.3) is 5.69 Å². The normalized spacial score (nSPS) is 9.69. The van der Waals surface area contributed by atoms with Gasteiger partial charge in [0.1, 0.15) is 0 Å². The van der Waals surface area contributed by atoms with Gasteiger partial charge in [0, 0.05) is 18.1 Å². The van der Waals surface area contributed by atoms with E-state index in [4.69, 9.17) is 10.4 Å². The highest BCUT2D eigenvalue weighted by Crippen LogP contribution is 2.11. The van der Waals surface area contributed by atoms with Gasteiger partial charge in [0.2, 0.25) is 0 Å². The summed E-state index contributed by atoms with van der Waals surface area (Å²) in [5, 5.41) is 17.4. The summed E-state index contributed by atoms with van der Waals surface area (Å²) in [4.78, 5) is 10.7. The predicted octanol–water partition coefficient (Wildman–Crippen LogP) is 2.05. The Morgan fingerprint density at radius 1 is 1.25 bits per heavy atom. The molecule has 4 nitrogen and oxygen atoms in total. The van der Waals surface area contributed by atoms with Gasteiger partial charge in [-0.15, -0.1) is 0 Å². The number of nitrogens with zero attached hydrogens (tertiary/aromatic N) is 2. The first-order chi connectivity index (χ1) is 7.70. The lowest BCUT2D eigenvalue weighted by molar-refractivity contribution is 0.0697. The third-order valence-electron chi connectivity index (χ3n) is 2.23. The zero-order valence-electron chi connectivity index (χ0n) is 8.29. The van der Waals surface area contributed by atoms with Crippen LogP contribution in [0, 0.1) is 11.3 Å². The number of aromatic carboxylic acids is 1. The number of carbonyl (C=O) groups is 1. The largest absolute Gasteiger partial charge is 0.478 e. The highest BCUT2D eigenvalue weighted by Gasteiger charge is 2.05. The second kappa shape index (κ2) is 3.91. The molecule has 0 saturated carbocycles. The van der Waals surface area contributed by atoms with Gasteiger partial charge in [-0.05, 0) is 30.3 Å². The SMILES string of the molecule is N#Cc1ccc(-n2ccc(C(=O)O)c2)cc1. The zero-order chi connectivity index (χ0) is 11.5. The Kier molecular flexibility index (Phi) is 2.44. The molecule has 0 aliphatic heterocycles. The standard InChI is InChI=1S/C12H8N2O2/c13-7-9-1-3-11(4-2-9)14-6-5-10(8-14)12(15)16/h1-6,8H,(H,15,16). The maximum Gasteiger partial charge on any atom is 0.337 e. The van der Waals surface area contributed by atoms with Crippen LogP contribution in [0.4, 0.5) is 0 Å². The lowest BCUT2D eigenvalue weighted by atomic mass is 10.2. The van der Waals surface area contributed by atoms with Gasteiger partial charge in [0.15, 0.2) is 0 Å². The molecule has 0 amide bonds. The van der Waals surface area contributed by atoms with Gasteiger partial charge in [0.25, 0.3) is 0 Å². The number of hydrogen-bond donors (Lipinski definition) is 1. The minimum absolute atomic E-state index is 0.240. The third-order valence-corrected chi connectivity index (χ3v) is 2.23. The van der Waals surface area contributed by atoms with Gasteiger partial charge in [-0.1, -0.05) is 0 Å². The average molecular weight is 212 g/mol. The zero-order valence-corrected chi connectivity index (χ0v) is 8.29. The molecule has 4 heteroatoms. The molecule has 1 heterocycles. The molecule has 78 valence electrons. The number of rotatable bonds is 2. The molecule has 0 unspecified atom stereocenters. The van der Waals surface area contributed by atoms with Crippen LogP contribution in [0.1, 0.15) is 15.9 Å².